The van der Waals surface area contributed by atoms with Crippen LogP contribution in [0, 0.1) is 0 Å². The first kappa shape index (κ1) is 51.3. The van der Waals surface area contributed by atoms with Crippen LogP contribution in [0.3, 0.4) is 0 Å². The minimum Gasteiger partial charge on any atom is -0.508 e. The van der Waals surface area contributed by atoms with Crippen molar-refractivity contribution < 1.29 is 64.3 Å². The number of nitrogens with zero attached hydrogens (tertiary/aromatic N) is 6. The van der Waals surface area contributed by atoms with Crippen LogP contribution >= 0.6 is 0 Å². The van der Waals surface area contributed by atoms with Gasteiger partial charge < -0.3 is 64.5 Å². The predicted octanol–water partition coefficient (Wildman–Crippen LogP) is 5.88. The van der Waals surface area contributed by atoms with Crippen LogP contribution in [0.4, 0.5) is 5.69 Å². The van der Waals surface area contributed by atoms with Gasteiger partial charge in [-0.15, -0.1) is 0 Å². The van der Waals surface area contributed by atoms with Gasteiger partial charge in [0.25, 0.3) is 0 Å². The number of likely N-dealkylation sites (tertiary alicyclic amines) is 1. The van der Waals surface area contributed by atoms with Gasteiger partial charge in [0.15, 0.2) is 23.0 Å². The highest BCUT2D eigenvalue weighted by molar-refractivity contribution is 6.02. The number of aromatic hydroxyl groups is 8. The number of aromatic nitrogens is 4. The average Bonchev–Trinajstić information content (AvgIpc) is 3.72. The van der Waals surface area contributed by atoms with Crippen molar-refractivity contribution in [1.29, 1.82) is 0 Å². The van der Waals surface area contributed by atoms with Crippen molar-refractivity contribution in [1.82, 2.24) is 24.7 Å². The SMILES string of the molecule is CCC(=O)N(c1ccccc1)C1(COC)CCN(CCn2nnn(CC)c2=O)CC1.O=C1C[C@@H](c2ccc(O)cc2)Oc2cc(O)cc(O)c21.O=c1c(O)c(-c2ccc(O)c(O)c2)oc2cc(O)cc(O)c12. The summed E-state index contributed by atoms with van der Waals surface area (Å²) in [5, 5.41) is 83.9. The van der Waals surface area contributed by atoms with Gasteiger partial charge in [-0.05, 0) is 78.2 Å². The van der Waals surface area contributed by atoms with E-state index in [1.165, 1.54) is 33.6 Å². The number of phenolic OH excluding ortho intramolecular Hbond substituents is 7. The number of rotatable bonds is 11. The van der Waals surface area contributed by atoms with E-state index in [0.29, 0.717) is 26.1 Å². The maximum atomic E-state index is 13.0. The zero-order valence-corrected chi connectivity index (χ0v) is 39.5. The molecule has 1 saturated heterocycles. The first-order chi connectivity index (χ1) is 34.5. The molecule has 4 heterocycles. The molecule has 2 aliphatic rings. The third-order valence-corrected chi connectivity index (χ3v) is 12.3. The maximum absolute atomic E-state index is 13.0. The minimum atomic E-state index is -0.888. The summed E-state index contributed by atoms with van der Waals surface area (Å²) in [7, 11) is 1.69. The summed E-state index contributed by atoms with van der Waals surface area (Å²) in [6, 6.07) is 24.3. The molecule has 72 heavy (non-hydrogen) atoms. The van der Waals surface area contributed by atoms with Gasteiger partial charge in [-0.1, -0.05) is 37.3 Å². The summed E-state index contributed by atoms with van der Waals surface area (Å²) in [5.74, 6) is -3.01. The lowest BCUT2D eigenvalue weighted by Gasteiger charge is -2.48. The lowest BCUT2D eigenvalue weighted by molar-refractivity contribution is -0.120. The number of tetrazole rings is 1. The second-order valence-corrected chi connectivity index (χ2v) is 17.0. The van der Waals surface area contributed by atoms with E-state index in [0.717, 1.165) is 74.1 Å². The normalized spacial score (nSPS) is 15.0. The van der Waals surface area contributed by atoms with Crippen molar-refractivity contribution in [3.63, 3.8) is 0 Å². The van der Waals surface area contributed by atoms with Crippen molar-refractivity contribution in [2.75, 3.05) is 38.3 Å². The largest absolute Gasteiger partial charge is 0.508 e. The molecule has 1 fully saturated rings. The van der Waals surface area contributed by atoms with E-state index in [9.17, 15) is 60.0 Å². The fourth-order valence-electron chi connectivity index (χ4n) is 8.63. The van der Waals surface area contributed by atoms with Gasteiger partial charge in [-0.25, -0.2) is 4.79 Å². The lowest BCUT2D eigenvalue weighted by Crippen LogP contribution is -2.60. The van der Waals surface area contributed by atoms with Crippen LogP contribution in [0.2, 0.25) is 0 Å². The molecule has 0 bridgehead atoms. The van der Waals surface area contributed by atoms with Crippen LogP contribution in [0.15, 0.2) is 111 Å². The topological polar surface area (TPSA) is 304 Å². The number of hydrogen-bond acceptors (Lipinski definition) is 18. The number of carbonyl (C=O) groups is 2. The van der Waals surface area contributed by atoms with Gasteiger partial charge >= 0.3 is 5.69 Å². The number of anilines is 1. The Morgan fingerprint density at radius 3 is 2.06 bits per heavy atom. The number of para-hydroxylation sites is 1. The van der Waals surface area contributed by atoms with Crippen molar-refractivity contribution >= 4 is 28.3 Å². The van der Waals surface area contributed by atoms with Gasteiger partial charge in [-0.2, -0.15) is 9.36 Å². The lowest BCUT2D eigenvalue weighted by atomic mass is 9.85. The number of carbonyl (C=O) groups excluding carboxylic acids is 2. The molecular formula is C51H54N6O15. The molecule has 8 N–H and O–H groups in total. The van der Waals surface area contributed by atoms with Crippen LogP contribution < -0.4 is 20.8 Å². The highest BCUT2D eigenvalue weighted by Gasteiger charge is 2.43. The summed E-state index contributed by atoms with van der Waals surface area (Å²) in [6.07, 6.45) is 1.64. The summed E-state index contributed by atoms with van der Waals surface area (Å²) >= 11 is 0. The van der Waals surface area contributed by atoms with Crippen molar-refractivity contribution in [3.8, 4) is 63.1 Å². The van der Waals surface area contributed by atoms with Gasteiger partial charge in [0, 0.05) is 75.2 Å². The summed E-state index contributed by atoms with van der Waals surface area (Å²) in [6.45, 7) is 7.64. The number of benzene rings is 5. The molecule has 21 heteroatoms. The maximum Gasteiger partial charge on any atom is 0.363 e. The molecule has 5 aromatic carbocycles. The molecule has 1 amide bonds. The molecule has 21 nitrogen and oxygen atoms in total. The van der Waals surface area contributed by atoms with Crippen molar-refractivity contribution in [2.24, 2.45) is 0 Å². The van der Waals surface area contributed by atoms with Crippen LogP contribution in [0.5, 0.6) is 51.7 Å². The highest BCUT2D eigenvalue weighted by Crippen LogP contribution is 2.42. The van der Waals surface area contributed by atoms with Crippen LogP contribution in [0.1, 0.15) is 61.6 Å². The number of fused-ring (bicyclic) bond motifs is 2. The Balaban J connectivity index is 0.000000162. The third-order valence-electron chi connectivity index (χ3n) is 12.3. The first-order valence-electron chi connectivity index (χ1n) is 22.9. The van der Waals surface area contributed by atoms with Gasteiger partial charge in [-0.3, -0.25) is 14.4 Å². The third kappa shape index (κ3) is 11.1. The van der Waals surface area contributed by atoms with Crippen LogP contribution in [-0.4, -0.2) is 116 Å². The van der Waals surface area contributed by atoms with E-state index < -0.39 is 28.8 Å². The highest BCUT2D eigenvalue weighted by atomic mass is 16.5. The molecule has 9 rings (SSSR count). The van der Waals surface area contributed by atoms with Crippen molar-refractivity contribution in [3.05, 3.63) is 129 Å². The smallest absolute Gasteiger partial charge is 0.363 e. The van der Waals surface area contributed by atoms with Crippen LogP contribution in [-0.2, 0) is 22.6 Å². The fraction of sp³-hybridized carbons (Fsp3) is 0.294. The molecular weight excluding hydrogens is 937 g/mol. The Labute approximate surface area is 410 Å². The second-order valence-electron chi connectivity index (χ2n) is 17.0. The number of phenols is 7. The summed E-state index contributed by atoms with van der Waals surface area (Å²) in [4.78, 5) is 53.6. The van der Waals surface area contributed by atoms with E-state index in [4.69, 9.17) is 13.9 Å². The first-order valence-corrected chi connectivity index (χ1v) is 22.9. The molecule has 0 spiro atoms. The van der Waals surface area contributed by atoms with Crippen LogP contribution in [0.25, 0.3) is 22.3 Å². The van der Waals surface area contributed by atoms with E-state index >= 15 is 0 Å². The standard InChI is InChI=1S/C21H32N6O3.C15H10O7.C15H12O5/c1-4-19(28)27(18-9-7-6-8-10-18)21(17-30-3)11-13-24(14-12-21)15-16-26-20(29)25(5-2)22-23-26;16-7-4-10(19)12-11(5-7)22-15(14(21)13(12)20)6-1-2-8(17)9(18)3-6;16-9-3-1-8(2-4-9)13-7-12(19)15-11(18)5-10(17)6-14(15)20-13/h6-10H,4-5,11-17H2,1-3H3;1-5,16-19,21H;1-6,13,16-18H,7H2/t;;13-/m..0/s1. The second kappa shape index (κ2) is 22.0. The molecule has 1 atom stereocenters. The molecule has 0 unspecified atom stereocenters. The molecule has 0 radical (unpaired) electrons. The molecule has 2 aromatic heterocycles. The molecule has 0 saturated carbocycles. The molecule has 0 aliphatic carbocycles. The number of ether oxygens (including phenoxy) is 2. The van der Waals surface area contributed by atoms with Gasteiger partial charge in [0.1, 0.15) is 57.1 Å². The monoisotopic (exact) mass is 990 g/mol. The quantitative estimate of drug-likeness (QED) is 0.0702. The Morgan fingerprint density at radius 2 is 1.42 bits per heavy atom. The zero-order valence-electron chi connectivity index (χ0n) is 39.5. The number of piperidine rings is 1. The summed E-state index contributed by atoms with van der Waals surface area (Å²) < 4.78 is 19.4. The van der Waals surface area contributed by atoms with E-state index in [2.05, 4.69) is 15.3 Å². The Morgan fingerprint density at radius 1 is 0.750 bits per heavy atom. The number of hydrogen-bond donors (Lipinski definition) is 8. The zero-order chi connectivity index (χ0) is 51.9. The molecule has 7 aromatic rings. The number of ketones is 1. The van der Waals surface area contributed by atoms with Crippen molar-refractivity contribution in [2.45, 2.75) is 64.3 Å². The summed E-state index contributed by atoms with van der Waals surface area (Å²) in [5.41, 5.74) is 0.313. The predicted molar refractivity (Wildman–Crippen MR) is 261 cm³/mol. The Kier molecular flexibility index (Phi) is 15.7. The van der Waals surface area contributed by atoms with Gasteiger partial charge in [0.05, 0.1) is 25.1 Å². The Bertz CT molecular complexity index is 3180. The van der Waals surface area contributed by atoms with E-state index in [1.807, 2.05) is 49.1 Å². The fourth-order valence-corrected chi connectivity index (χ4v) is 8.63. The molecule has 2 aliphatic heterocycles. The van der Waals surface area contributed by atoms with Gasteiger partial charge in [0.2, 0.25) is 17.1 Å². The average molecular weight is 991 g/mol. The molecule has 378 valence electrons. The Hall–Kier alpha value is -8.56. The van der Waals surface area contributed by atoms with E-state index in [-0.39, 0.29) is 91.7 Å². The number of amides is 1. The number of Topliss-reactive ketones (excluding diaryl/α,β-unsaturated/α-hetero) is 1. The minimum absolute atomic E-state index is 0.0934. The number of aryl methyl sites for hydroxylation is 1. The number of methoxy groups -OCH3 is 1. The van der Waals surface area contributed by atoms with E-state index in [1.54, 1.807) is 19.2 Å².